The average molecular weight is 248 g/mol. The lowest BCUT2D eigenvalue weighted by Crippen LogP contribution is -2.47. The van der Waals surface area contributed by atoms with Crippen LogP contribution in [-0.4, -0.2) is 18.0 Å². The molecule has 1 aromatic carbocycles. The maximum absolute atomic E-state index is 12.0. The number of benzene rings is 1. The van der Waals surface area contributed by atoms with Crippen LogP contribution in [0.1, 0.15) is 32.8 Å². The van der Waals surface area contributed by atoms with Crippen molar-refractivity contribution in [1.29, 1.82) is 0 Å². The number of carbonyl (C=O) groups excluding carboxylic acids is 1. The molecule has 0 fully saturated rings. The minimum atomic E-state index is -0.472. The van der Waals surface area contributed by atoms with Crippen molar-refractivity contribution in [2.24, 2.45) is 11.7 Å². The molecule has 0 aliphatic carbocycles. The van der Waals surface area contributed by atoms with Crippen LogP contribution < -0.4 is 11.1 Å². The molecule has 3 heteroatoms. The van der Waals surface area contributed by atoms with E-state index in [9.17, 15) is 4.79 Å². The van der Waals surface area contributed by atoms with Crippen molar-refractivity contribution in [3.05, 3.63) is 35.9 Å². The number of rotatable bonds is 6. The van der Waals surface area contributed by atoms with Gasteiger partial charge in [0, 0.05) is 6.04 Å². The number of amides is 1. The summed E-state index contributed by atoms with van der Waals surface area (Å²) in [4.78, 5) is 12.0. The first-order valence-electron chi connectivity index (χ1n) is 6.64. The Morgan fingerprint density at radius 1 is 1.28 bits per heavy atom. The van der Waals surface area contributed by atoms with Gasteiger partial charge in [-0.1, -0.05) is 51.1 Å². The highest BCUT2D eigenvalue weighted by atomic mass is 16.2. The molecule has 18 heavy (non-hydrogen) atoms. The predicted molar refractivity (Wildman–Crippen MR) is 75.2 cm³/mol. The molecule has 0 aliphatic heterocycles. The molecule has 0 aliphatic rings. The summed E-state index contributed by atoms with van der Waals surface area (Å²) in [6.45, 7) is 6.29. The fourth-order valence-electron chi connectivity index (χ4n) is 1.99. The van der Waals surface area contributed by atoms with Crippen LogP contribution in [0, 0.1) is 5.92 Å². The Labute approximate surface area is 110 Å². The smallest absolute Gasteiger partial charge is 0.237 e. The van der Waals surface area contributed by atoms with E-state index in [0.717, 1.165) is 12.0 Å². The molecule has 0 bridgehead atoms. The molecule has 1 aromatic rings. The Morgan fingerprint density at radius 3 is 2.39 bits per heavy atom. The van der Waals surface area contributed by atoms with Gasteiger partial charge in [-0.25, -0.2) is 0 Å². The fraction of sp³-hybridized carbons (Fsp3) is 0.533. The van der Waals surface area contributed by atoms with Crippen LogP contribution in [0.4, 0.5) is 0 Å². The lowest BCUT2D eigenvalue weighted by Gasteiger charge is -2.22. The van der Waals surface area contributed by atoms with Crippen molar-refractivity contribution in [2.75, 3.05) is 0 Å². The zero-order chi connectivity index (χ0) is 13.5. The van der Waals surface area contributed by atoms with Gasteiger partial charge in [-0.15, -0.1) is 0 Å². The number of hydrogen-bond donors (Lipinski definition) is 2. The second-order valence-electron chi connectivity index (χ2n) is 5.06. The van der Waals surface area contributed by atoms with E-state index < -0.39 is 6.04 Å². The molecule has 100 valence electrons. The van der Waals surface area contributed by atoms with E-state index in [-0.39, 0.29) is 11.9 Å². The van der Waals surface area contributed by atoms with Crippen LogP contribution in [0.2, 0.25) is 0 Å². The van der Waals surface area contributed by atoms with Crippen LogP contribution in [-0.2, 0) is 11.2 Å². The van der Waals surface area contributed by atoms with Crippen molar-refractivity contribution in [1.82, 2.24) is 5.32 Å². The predicted octanol–water partition coefficient (Wildman–Crippen LogP) is 2.11. The Morgan fingerprint density at radius 2 is 1.89 bits per heavy atom. The summed E-state index contributed by atoms with van der Waals surface area (Å²) in [5, 5.41) is 3.02. The number of nitrogens with one attached hydrogen (secondary N) is 1. The Hall–Kier alpha value is -1.35. The molecule has 1 rings (SSSR count). The second kappa shape index (κ2) is 7.17. The maximum atomic E-state index is 12.0. The van der Waals surface area contributed by atoms with E-state index in [1.807, 2.05) is 30.3 Å². The lowest BCUT2D eigenvalue weighted by atomic mass is 10.0. The van der Waals surface area contributed by atoms with E-state index in [1.54, 1.807) is 0 Å². The van der Waals surface area contributed by atoms with Gasteiger partial charge in [-0.3, -0.25) is 4.79 Å². The van der Waals surface area contributed by atoms with Crippen LogP contribution in [0.15, 0.2) is 30.3 Å². The van der Waals surface area contributed by atoms with E-state index >= 15 is 0 Å². The summed E-state index contributed by atoms with van der Waals surface area (Å²) in [6.07, 6.45) is 1.52. The topological polar surface area (TPSA) is 55.1 Å². The number of carbonyl (C=O) groups is 1. The summed E-state index contributed by atoms with van der Waals surface area (Å²) >= 11 is 0. The molecular weight excluding hydrogens is 224 g/mol. The third-order valence-corrected chi connectivity index (χ3v) is 3.21. The van der Waals surface area contributed by atoms with Gasteiger partial charge in [0.15, 0.2) is 0 Å². The highest BCUT2D eigenvalue weighted by Crippen LogP contribution is 2.07. The van der Waals surface area contributed by atoms with Gasteiger partial charge >= 0.3 is 0 Å². The Kier molecular flexibility index (Phi) is 5.86. The van der Waals surface area contributed by atoms with Crippen molar-refractivity contribution < 1.29 is 4.79 Å². The van der Waals surface area contributed by atoms with Crippen molar-refractivity contribution in [3.8, 4) is 0 Å². The molecule has 1 unspecified atom stereocenters. The quantitative estimate of drug-likeness (QED) is 0.810. The van der Waals surface area contributed by atoms with E-state index in [2.05, 4.69) is 26.1 Å². The molecule has 0 aromatic heterocycles. The van der Waals surface area contributed by atoms with Gasteiger partial charge in [-0.2, -0.15) is 0 Å². The number of hydrogen-bond acceptors (Lipinski definition) is 2. The van der Waals surface area contributed by atoms with Crippen molar-refractivity contribution in [3.63, 3.8) is 0 Å². The van der Waals surface area contributed by atoms with Crippen LogP contribution in [0.25, 0.3) is 0 Å². The van der Waals surface area contributed by atoms with Gasteiger partial charge in [0.05, 0.1) is 6.04 Å². The summed E-state index contributed by atoms with van der Waals surface area (Å²) in [5.41, 5.74) is 7.04. The normalized spacial score (nSPS) is 14.3. The Balaban J connectivity index is 2.51. The monoisotopic (exact) mass is 248 g/mol. The lowest BCUT2D eigenvalue weighted by molar-refractivity contribution is -0.123. The van der Waals surface area contributed by atoms with Gasteiger partial charge in [0.1, 0.15) is 0 Å². The standard InChI is InChI=1S/C15H24N2O/c1-4-14(11(2)3)17-15(18)13(16)10-12-8-6-5-7-9-12/h5-9,11,13-14H,4,10,16H2,1-3H3,(H,17,18)/t13-,14?/m0/s1. The highest BCUT2D eigenvalue weighted by molar-refractivity contribution is 5.82. The molecule has 3 N–H and O–H groups in total. The first kappa shape index (κ1) is 14.7. The summed E-state index contributed by atoms with van der Waals surface area (Å²) in [6, 6.07) is 9.60. The van der Waals surface area contributed by atoms with Gasteiger partial charge in [0.25, 0.3) is 0 Å². The van der Waals surface area contributed by atoms with Crippen molar-refractivity contribution in [2.45, 2.75) is 45.7 Å². The van der Waals surface area contributed by atoms with Crippen LogP contribution in [0.5, 0.6) is 0 Å². The molecule has 0 saturated carbocycles. The summed E-state index contributed by atoms with van der Waals surface area (Å²) in [5.74, 6) is 0.377. The molecule has 0 radical (unpaired) electrons. The molecule has 2 atom stereocenters. The third-order valence-electron chi connectivity index (χ3n) is 3.21. The van der Waals surface area contributed by atoms with Gasteiger partial charge < -0.3 is 11.1 Å². The molecule has 3 nitrogen and oxygen atoms in total. The summed E-state index contributed by atoms with van der Waals surface area (Å²) in [7, 11) is 0. The number of nitrogens with two attached hydrogens (primary N) is 1. The van der Waals surface area contributed by atoms with Crippen molar-refractivity contribution >= 4 is 5.91 Å². The fourth-order valence-corrected chi connectivity index (χ4v) is 1.99. The van der Waals surface area contributed by atoms with Gasteiger partial charge in [-0.05, 0) is 24.3 Å². The SMILES string of the molecule is CCC(NC(=O)[C@@H](N)Cc1ccccc1)C(C)C. The van der Waals surface area contributed by atoms with Gasteiger partial charge in [0.2, 0.25) is 5.91 Å². The van der Waals surface area contributed by atoms with Crippen LogP contribution in [0.3, 0.4) is 0 Å². The van der Waals surface area contributed by atoms with E-state index in [4.69, 9.17) is 5.73 Å². The molecule has 0 saturated heterocycles. The molecule has 0 spiro atoms. The first-order valence-corrected chi connectivity index (χ1v) is 6.64. The zero-order valence-corrected chi connectivity index (χ0v) is 11.5. The largest absolute Gasteiger partial charge is 0.352 e. The second-order valence-corrected chi connectivity index (χ2v) is 5.06. The third kappa shape index (κ3) is 4.49. The Bertz CT molecular complexity index is 362. The van der Waals surface area contributed by atoms with E-state index in [1.165, 1.54) is 0 Å². The average Bonchev–Trinajstić information content (AvgIpc) is 2.36. The highest BCUT2D eigenvalue weighted by Gasteiger charge is 2.19. The first-order chi connectivity index (χ1) is 8.54. The van der Waals surface area contributed by atoms with Crippen LogP contribution >= 0.6 is 0 Å². The maximum Gasteiger partial charge on any atom is 0.237 e. The van der Waals surface area contributed by atoms with E-state index in [0.29, 0.717) is 12.3 Å². The minimum absolute atomic E-state index is 0.0561. The minimum Gasteiger partial charge on any atom is -0.352 e. The molecule has 0 heterocycles. The molecular formula is C15H24N2O. The summed E-state index contributed by atoms with van der Waals surface area (Å²) < 4.78 is 0. The molecule has 1 amide bonds. The zero-order valence-electron chi connectivity index (χ0n) is 11.5.